The van der Waals surface area contributed by atoms with E-state index in [1.807, 2.05) is 6.07 Å². The minimum Gasteiger partial charge on any atom is -0.389 e. The average molecular weight is 321 g/mol. The van der Waals surface area contributed by atoms with Gasteiger partial charge in [0.25, 0.3) is 0 Å². The molecule has 2 aromatic rings. The van der Waals surface area contributed by atoms with Gasteiger partial charge in [0.2, 0.25) is 10.0 Å². The van der Waals surface area contributed by atoms with Gasteiger partial charge in [0, 0.05) is 24.5 Å². The summed E-state index contributed by atoms with van der Waals surface area (Å²) >= 11 is 4.88. The zero-order valence-electron chi connectivity index (χ0n) is 11.2. The highest BCUT2D eigenvalue weighted by atomic mass is 32.2. The van der Waals surface area contributed by atoms with Crippen molar-refractivity contribution < 1.29 is 8.42 Å². The minimum atomic E-state index is -3.44. The predicted octanol–water partition coefficient (Wildman–Crippen LogP) is 1.34. The average Bonchev–Trinajstić information content (AvgIpc) is 2.46. The Labute approximate surface area is 129 Å². The van der Waals surface area contributed by atoms with Crippen LogP contribution in [-0.4, -0.2) is 18.4 Å². The van der Waals surface area contributed by atoms with Crippen LogP contribution in [-0.2, 0) is 22.3 Å². The van der Waals surface area contributed by atoms with E-state index in [0.29, 0.717) is 11.1 Å². The molecule has 0 radical (unpaired) electrons. The molecule has 0 aliphatic carbocycles. The van der Waals surface area contributed by atoms with E-state index in [4.69, 9.17) is 18.0 Å². The molecule has 0 aliphatic heterocycles. The summed E-state index contributed by atoms with van der Waals surface area (Å²) in [6, 6.07) is 10.5. The fourth-order valence-electron chi connectivity index (χ4n) is 1.78. The van der Waals surface area contributed by atoms with E-state index in [1.165, 1.54) is 0 Å². The number of sulfonamides is 1. The van der Waals surface area contributed by atoms with Crippen molar-refractivity contribution in [2.75, 3.05) is 0 Å². The summed E-state index contributed by atoms with van der Waals surface area (Å²) in [4.78, 5) is 4.19. The van der Waals surface area contributed by atoms with Crippen molar-refractivity contribution in [1.29, 1.82) is 0 Å². The van der Waals surface area contributed by atoms with E-state index in [9.17, 15) is 8.42 Å². The molecule has 0 atom stereocenters. The van der Waals surface area contributed by atoms with Crippen molar-refractivity contribution >= 4 is 27.2 Å². The van der Waals surface area contributed by atoms with E-state index in [2.05, 4.69) is 9.71 Å². The van der Waals surface area contributed by atoms with Crippen LogP contribution in [0.15, 0.2) is 48.8 Å². The fourth-order valence-corrected chi connectivity index (χ4v) is 3.01. The zero-order chi connectivity index (χ0) is 15.3. The lowest BCUT2D eigenvalue weighted by molar-refractivity contribution is 0.580. The Morgan fingerprint density at radius 1 is 1.24 bits per heavy atom. The van der Waals surface area contributed by atoms with Gasteiger partial charge in [-0.3, -0.25) is 4.98 Å². The van der Waals surface area contributed by atoms with Crippen molar-refractivity contribution in [3.05, 3.63) is 65.5 Å². The Kier molecular flexibility index (Phi) is 5.00. The van der Waals surface area contributed by atoms with Crippen LogP contribution in [0.2, 0.25) is 0 Å². The van der Waals surface area contributed by atoms with Gasteiger partial charge in [-0.1, -0.05) is 36.5 Å². The molecule has 0 amide bonds. The smallest absolute Gasteiger partial charge is 0.216 e. The lowest BCUT2D eigenvalue weighted by Crippen LogP contribution is -2.25. The molecule has 21 heavy (non-hydrogen) atoms. The number of aromatic nitrogens is 1. The SMILES string of the molecule is NC(=S)c1cccc(CS(=O)(=O)NCc2cccnc2)c1. The highest BCUT2D eigenvalue weighted by molar-refractivity contribution is 7.88. The number of pyridine rings is 1. The Bertz CT molecular complexity index is 731. The molecule has 0 saturated heterocycles. The summed E-state index contributed by atoms with van der Waals surface area (Å²) in [7, 11) is -3.44. The van der Waals surface area contributed by atoms with Crippen molar-refractivity contribution in [2.24, 2.45) is 5.73 Å². The van der Waals surface area contributed by atoms with Gasteiger partial charge in [-0.15, -0.1) is 0 Å². The Hall–Kier alpha value is -1.83. The van der Waals surface area contributed by atoms with Gasteiger partial charge < -0.3 is 5.73 Å². The molecule has 3 N–H and O–H groups in total. The van der Waals surface area contributed by atoms with Gasteiger partial charge in [0.15, 0.2) is 0 Å². The van der Waals surface area contributed by atoms with Crippen LogP contribution in [0.25, 0.3) is 0 Å². The predicted molar refractivity (Wildman–Crippen MR) is 86.0 cm³/mol. The number of benzene rings is 1. The van der Waals surface area contributed by atoms with E-state index < -0.39 is 10.0 Å². The molecule has 2 rings (SSSR count). The molecule has 0 aliphatic rings. The second-order valence-electron chi connectivity index (χ2n) is 4.51. The summed E-state index contributed by atoms with van der Waals surface area (Å²) in [6.45, 7) is 0.213. The minimum absolute atomic E-state index is 0.121. The molecule has 1 aromatic carbocycles. The third kappa shape index (κ3) is 4.89. The topological polar surface area (TPSA) is 85.1 Å². The summed E-state index contributed by atoms with van der Waals surface area (Å²) in [5, 5.41) is 0. The molecule has 0 bridgehead atoms. The van der Waals surface area contributed by atoms with Crippen LogP contribution in [0.4, 0.5) is 0 Å². The normalized spacial score (nSPS) is 11.2. The molecule has 0 fully saturated rings. The third-order valence-corrected chi connectivity index (χ3v) is 4.32. The number of rotatable bonds is 6. The van der Waals surface area contributed by atoms with Crippen LogP contribution in [0.3, 0.4) is 0 Å². The summed E-state index contributed by atoms with van der Waals surface area (Å²) in [5.74, 6) is -0.121. The van der Waals surface area contributed by atoms with Crippen LogP contribution in [0.5, 0.6) is 0 Å². The monoisotopic (exact) mass is 321 g/mol. The molecule has 5 nitrogen and oxygen atoms in total. The van der Waals surface area contributed by atoms with Gasteiger partial charge in [0.1, 0.15) is 4.99 Å². The van der Waals surface area contributed by atoms with Crippen LogP contribution in [0, 0.1) is 0 Å². The van der Waals surface area contributed by atoms with Crippen LogP contribution in [0.1, 0.15) is 16.7 Å². The number of hydrogen-bond acceptors (Lipinski definition) is 4. The molecule has 0 spiro atoms. The maximum atomic E-state index is 12.1. The molecule has 1 heterocycles. The van der Waals surface area contributed by atoms with Gasteiger partial charge in [-0.2, -0.15) is 0 Å². The van der Waals surface area contributed by atoms with E-state index in [1.54, 1.807) is 42.7 Å². The maximum Gasteiger partial charge on any atom is 0.216 e. The Balaban J connectivity index is 2.04. The number of thiocarbonyl (C=S) groups is 1. The van der Waals surface area contributed by atoms with Crippen LogP contribution < -0.4 is 10.5 Å². The third-order valence-electron chi connectivity index (χ3n) is 2.79. The lowest BCUT2D eigenvalue weighted by atomic mass is 10.1. The molecular weight excluding hydrogens is 306 g/mol. The molecular formula is C14H15N3O2S2. The summed E-state index contributed by atoms with van der Waals surface area (Å²) in [6.07, 6.45) is 3.26. The van der Waals surface area contributed by atoms with Gasteiger partial charge in [-0.25, -0.2) is 13.1 Å². The summed E-state index contributed by atoms with van der Waals surface area (Å²) < 4.78 is 26.7. The molecule has 1 aromatic heterocycles. The maximum absolute atomic E-state index is 12.1. The second-order valence-corrected chi connectivity index (χ2v) is 6.75. The zero-order valence-corrected chi connectivity index (χ0v) is 12.8. The first-order valence-corrected chi connectivity index (χ1v) is 8.27. The molecule has 0 saturated carbocycles. The highest BCUT2D eigenvalue weighted by Gasteiger charge is 2.12. The summed E-state index contributed by atoms with van der Waals surface area (Å²) in [5.41, 5.74) is 7.64. The number of nitrogens with two attached hydrogens (primary N) is 1. The quantitative estimate of drug-likeness (QED) is 0.784. The van der Waals surface area contributed by atoms with E-state index >= 15 is 0 Å². The van der Waals surface area contributed by atoms with Crippen LogP contribution >= 0.6 is 12.2 Å². The van der Waals surface area contributed by atoms with Gasteiger partial charge >= 0.3 is 0 Å². The lowest BCUT2D eigenvalue weighted by Gasteiger charge is -2.08. The Morgan fingerprint density at radius 2 is 2.00 bits per heavy atom. The first kappa shape index (κ1) is 15.6. The first-order chi connectivity index (χ1) is 9.96. The van der Waals surface area contributed by atoms with Gasteiger partial charge in [-0.05, 0) is 23.3 Å². The van der Waals surface area contributed by atoms with Crippen molar-refractivity contribution in [3.8, 4) is 0 Å². The first-order valence-electron chi connectivity index (χ1n) is 6.21. The largest absolute Gasteiger partial charge is 0.389 e. The number of hydrogen-bond donors (Lipinski definition) is 2. The van der Waals surface area contributed by atoms with E-state index in [-0.39, 0.29) is 17.3 Å². The fraction of sp³-hybridized carbons (Fsp3) is 0.143. The molecule has 110 valence electrons. The van der Waals surface area contributed by atoms with Crippen molar-refractivity contribution in [2.45, 2.75) is 12.3 Å². The van der Waals surface area contributed by atoms with Crippen molar-refractivity contribution in [1.82, 2.24) is 9.71 Å². The van der Waals surface area contributed by atoms with E-state index in [0.717, 1.165) is 5.56 Å². The molecule has 0 unspecified atom stereocenters. The molecule has 7 heteroatoms. The second kappa shape index (κ2) is 6.75. The highest BCUT2D eigenvalue weighted by Crippen LogP contribution is 2.09. The standard InChI is InChI=1S/C14H15N3O2S2/c15-14(20)13-5-1-3-11(7-13)10-21(18,19)17-9-12-4-2-6-16-8-12/h1-8,17H,9-10H2,(H2,15,20). The number of nitrogens with one attached hydrogen (secondary N) is 1. The Morgan fingerprint density at radius 3 is 2.67 bits per heavy atom. The number of nitrogens with zero attached hydrogens (tertiary/aromatic N) is 1. The van der Waals surface area contributed by atoms with Gasteiger partial charge in [0.05, 0.1) is 5.75 Å². The van der Waals surface area contributed by atoms with Crippen molar-refractivity contribution in [3.63, 3.8) is 0 Å².